The lowest BCUT2D eigenvalue weighted by Gasteiger charge is -2.25. The highest BCUT2D eigenvalue weighted by Crippen LogP contribution is 2.50. The van der Waals surface area contributed by atoms with Gasteiger partial charge in [-0.3, -0.25) is 0 Å². The van der Waals surface area contributed by atoms with Gasteiger partial charge in [0.05, 0.1) is 11.1 Å². The molecular formula is C22H26N3O11P. The van der Waals surface area contributed by atoms with E-state index in [0.717, 1.165) is 4.90 Å². The number of benzene rings is 2. The van der Waals surface area contributed by atoms with Crippen LogP contribution in [0.2, 0.25) is 0 Å². The van der Waals surface area contributed by atoms with Crippen molar-refractivity contribution in [2.75, 3.05) is 20.6 Å². The van der Waals surface area contributed by atoms with Gasteiger partial charge in [0.2, 0.25) is 19.5 Å². The van der Waals surface area contributed by atoms with E-state index in [1.807, 2.05) is 0 Å². The molecule has 0 bridgehead atoms. The van der Waals surface area contributed by atoms with Gasteiger partial charge in [-0.1, -0.05) is 43.3 Å². The first-order valence-electron chi connectivity index (χ1n) is 10.6. The minimum Gasteiger partial charge on any atom is -0.480 e. The fraction of sp³-hybridized carbons (Fsp3) is 0.273. The van der Waals surface area contributed by atoms with Crippen molar-refractivity contribution >= 4 is 31.6 Å². The minimum atomic E-state index is -4.77. The first kappa shape index (κ1) is 29.4. The van der Waals surface area contributed by atoms with E-state index in [1.54, 1.807) is 43.3 Å². The molecule has 0 fully saturated rings. The summed E-state index contributed by atoms with van der Waals surface area (Å²) < 4.78 is 35.5. The van der Waals surface area contributed by atoms with Crippen LogP contribution < -0.4 is 5.73 Å². The molecule has 2 aromatic rings. The van der Waals surface area contributed by atoms with Crippen LogP contribution in [-0.4, -0.2) is 60.5 Å². The van der Waals surface area contributed by atoms with Gasteiger partial charge in [0, 0.05) is 7.05 Å². The number of guanidine groups is 1. The van der Waals surface area contributed by atoms with Gasteiger partial charge in [-0.2, -0.15) is 9.78 Å². The highest BCUT2D eigenvalue weighted by Gasteiger charge is 2.32. The van der Waals surface area contributed by atoms with E-state index in [-0.39, 0.29) is 17.5 Å². The summed E-state index contributed by atoms with van der Waals surface area (Å²) in [6.07, 6.45) is 0.131. The van der Waals surface area contributed by atoms with Crippen LogP contribution >= 0.6 is 7.75 Å². The number of likely N-dealkylation sites (N-methyl/N-ethyl adjacent to an activating group) is 1. The van der Waals surface area contributed by atoms with Crippen LogP contribution in [0.5, 0.6) is 0 Å². The van der Waals surface area contributed by atoms with Crippen LogP contribution in [0.25, 0.3) is 0 Å². The Hall–Kier alpha value is -3.81. The molecule has 0 aliphatic heterocycles. The van der Waals surface area contributed by atoms with Crippen molar-refractivity contribution in [2.24, 2.45) is 10.5 Å². The van der Waals surface area contributed by atoms with Gasteiger partial charge in [-0.25, -0.2) is 18.9 Å². The number of aliphatic carboxylic acids is 1. The van der Waals surface area contributed by atoms with Gasteiger partial charge in [0.15, 0.2) is 0 Å². The second-order valence-electron chi connectivity index (χ2n) is 7.02. The lowest BCUT2D eigenvalue weighted by Crippen LogP contribution is -2.45. The molecule has 0 heterocycles. The average Bonchev–Trinajstić information content (AvgIpc) is 2.90. The molecule has 0 aromatic heterocycles. The average molecular weight is 539 g/mol. The number of carboxylic acid groups (broad SMARTS) is 1. The van der Waals surface area contributed by atoms with Crippen LogP contribution in [0.1, 0.15) is 34.1 Å². The largest absolute Gasteiger partial charge is 0.511 e. The molecule has 200 valence electrons. The summed E-state index contributed by atoms with van der Waals surface area (Å²) >= 11 is 0. The summed E-state index contributed by atoms with van der Waals surface area (Å²) in [4.78, 5) is 45.6. The zero-order valence-electron chi connectivity index (χ0n) is 19.9. The number of ether oxygens (including phenoxy) is 2. The van der Waals surface area contributed by atoms with Crippen molar-refractivity contribution in [1.82, 2.24) is 4.90 Å². The van der Waals surface area contributed by atoms with E-state index in [2.05, 4.69) is 23.9 Å². The predicted octanol–water partition coefficient (Wildman–Crippen LogP) is 2.73. The Morgan fingerprint density at radius 1 is 0.919 bits per heavy atom. The molecule has 1 unspecified atom stereocenters. The van der Waals surface area contributed by atoms with Gasteiger partial charge >= 0.3 is 25.7 Å². The monoisotopic (exact) mass is 539 g/mol. The predicted molar refractivity (Wildman–Crippen MR) is 126 cm³/mol. The molecule has 0 amide bonds. The maximum absolute atomic E-state index is 13.0. The molecule has 37 heavy (non-hydrogen) atoms. The Bertz CT molecular complexity index is 1050. The number of carboxylic acids is 1. The highest BCUT2D eigenvalue weighted by molar-refractivity contribution is 7.52. The fourth-order valence-electron chi connectivity index (χ4n) is 2.66. The molecule has 1 atom stereocenters. The summed E-state index contributed by atoms with van der Waals surface area (Å²) in [6, 6.07) is 14.7. The van der Waals surface area contributed by atoms with E-state index in [4.69, 9.17) is 15.2 Å². The van der Waals surface area contributed by atoms with E-state index in [9.17, 15) is 24.1 Å². The zero-order chi connectivity index (χ0) is 27.3. The van der Waals surface area contributed by atoms with Crippen LogP contribution in [-0.2, 0) is 38.0 Å². The third-order valence-corrected chi connectivity index (χ3v) is 5.55. The molecule has 2 rings (SSSR count). The summed E-state index contributed by atoms with van der Waals surface area (Å²) in [5.74, 6) is -3.31. The number of hydrogen-bond donors (Lipinski definition) is 2. The number of esters is 2. The first-order chi connectivity index (χ1) is 17.7. The molecule has 0 saturated carbocycles. The quantitative estimate of drug-likeness (QED) is 0.0522. The summed E-state index contributed by atoms with van der Waals surface area (Å²) in [6.45, 7) is -0.0758. The zero-order valence-corrected chi connectivity index (χ0v) is 20.8. The smallest absolute Gasteiger partial charge is 0.480 e. The molecule has 3 N–H and O–H groups in total. The number of carbonyl (C=O) groups is 3. The van der Waals surface area contributed by atoms with Gasteiger partial charge in [-0.05, 0) is 30.7 Å². The van der Waals surface area contributed by atoms with Crippen LogP contribution in [0.4, 0.5) is 0 Å². The molecule has 0 aliphatic rings. The maximum Gasteiger partial charge on any atom is 0.511 e. The number of nitrogens with zero attached hydrogens (tertiary/aromatic N) is 2. The second-order valence-corrected chi connectivity index (χ2v) is 8.45. The van der Waals surface area contributed by atoms with Crippen molar-refractivity contribution in [3.63, 3.8) is 0 Å². The molecule has 0 radical (unpaired) electrons. The van der Waals surface area contributed by atoms with Crippen molar-refractivity contribution in [3.05, 3.63) is 71.8 Å². The van der Waals surface area contributed by atoms with Gasteiger partial charge in [-0.15, -0.1) is 14.1 Å². The van der Waals surface area contributed by atoms with Crippen LogP contribution in [0, 0.1) is 0 Å². The molecule has 2 aromatic carbocycles. The van der Waals surface area contributed by atoms with Crippen molar-refractivity contribution in [3.8, 4) is 0 Å². The minimum absolute atomic E-state index is 0.131. The van der Waals surface area contributed by atoms with E-state index >= 15 is 0 Å². The van der Waals surface area contributed by atoms with Crippen LogP contribution in [0.3, 0.4) is 0 Å². The number of carbonyl (C=O) groups excluding carboxylic acids is 2. The van der Waals surface area contributed by atoms with E-state index in [0.29, 0.717) is 0 Å². The lowest BCUT2D eigenvalue weighted by atomic mass is 10.2. The van der Waals surface area contributed by atoms with E-state index < -0.39 is 51.2 Å². The van der Waals surface area contributed by atoms with Gasteiger partial charge in [0.25, 0.3) is 0 Å². The van der Waals surface area contributed by atoms with Gasteiger partial charge in [0.1, 0.15) is 6.04 Å². The van der Waals surface area contributed by atoms with Gasteiger partial charge < -0.3 is 25.2 Å². The lowest BCUT2D eigenvalue weighted by molar-refractivity contribution is -0.304. The number of nitrogens with two attached hydrogens (primary N) is 1. The Balaban J connectivity index is 2.02. The van der Waals surface area contributed by atoms with Crippen LogP contribution in [0.15, 0.2) is 65.4 Å². The Morgan fingerprint density at radius 3 is 1.73 bits per heavy atom. The standard InChI is InChI=1S/C22H26N3O11P/c1-3-18(19(26)27)25(2)22(23)24-37(30,35-33-14-31-20(28)16-10-6-4-7-11-16)36-34-15-32-21(29)17-12-8-5-9-13-17/h4-13,18H,3,14-15H2,1-2H3,(H,26,27)(H2,23,24,30). The van der Waals surface area contributed by atoms with Crippen molar-refractivity contribution in [1.29, 1.82) is 0 Å². The summed E-state index contributed by atoms with van der Waals surface area (Å²) in [5, 5.41) is 9.30. The molecule has 0 spiro atoms. The third-order valence-electron chi connectivity index (χ3n) is 4.51. The fourth-order valence-corrected chi connectivity index (χ4v) is 3.50. The maximum atomic E-state index is 13.0. The number of hydrogen-bond acceptors (Lipinski definition) is 10. The molecular weight excluding hydrogens is 513 g/mol. The highest BCUT2D eigenvalue weighted by atomic mass is 31.2. The third kappa shape index (κ3) is 9.63. The molecule has 14 nitrogen and oxygen atoms in total. The normalized spacial score (nSPS) is 12.4. The number of rotatable bonds is 14. The molecule has 0 aliphatic carbocycles. The SMILES string of the molecule is CCC(C(=O)O)N(C)/C(N)=N/P(=O)(OOCOC(=O)c1ccccc1)OOCOC(=O)c1ccccc1. The topological polar surface area (TPSA) is 186 Å². The van der Waals surface area contributed by atoms with E-state index in [1.165, 1.54) is 31.3 Å². The summed E-state index contributed by atoms with van der Waals surface area (Å²) in [5.41, 5.74) is 6.21. The van der Waals surface area contributed by atoms with Crippen molar-refractivity contribution in [2.45, 2.75) is 19.4 Å². The molecule has 15 heteroatoms. The second kappa shape index (κ2) is 14.7. The Labute approximate surface area is 211 Å². The Kier molecular flexibility index (Phi) is 11.7. The Morgan fingerprint density at radius 2 is 1.35 bits per heavy atom. The molecule has 0 saturated heterocycles. The van der Waals surface area contributed by atoms with Crippen molar-refractivity contribution < 1.29 is 52.7 Å². The first-order valence-corrected chi connectivity index (χ1v) is 12.1. The summed E-state index contributed by atoms with van der Waals surface area (Å²) in [7, 11) is -3.48.